The molecule has 104 valence electrons. The maximum absolute atomic E-state index is 12.0. The van der Waals surface area contributed by atoms with E-state index < -0.39 is 0 Å². The Morgan fingerprint density at radius 1 is 1.35 bits per heavy atom. The lowest BCUT2D eigenvalue weighted by Gasteiger charge is -2.03. The van der Waals surface area contributed by atoms with Crippen LogP contribution in [0.25, 0.3) is 0 Å². The average molecular weight is 330 g/mol. The summed E-state index contributed by atoms with van der Waals surface area (Å²) in [4.78, 5) is 16.1. The predicted octanol–water partition coefficient (Wildman–Crippen LogP) is 3.90. The van der Waals surface area contributed by atoms with Crippen LogP contribution in [0.3, 0.4) is 0 Å². The summed E-state index contributed by atoms with van der Waals surface area (Å²) in [5, 5.41) is 17.2. The van der Waals surface area contributed by atoms with E-state index in [1.165, 1.54) is 23.5 Å². The third-order valence-electron chi connectivity index (χ3n) is 2.37. The number of benzene rings is 1. The third-order valence-corrected chi connectivity index (χ3v) is 3.56. The molecule has 0 fully saturated rings. The topological polar surface area (TPSA) is 74.6 Å². The first-order chi connectivity index (χ1) is 9.49. The summed E-state index contributed by atoms with van der Waals surface area (Å²) >= 11 is 12.9. The fourth-order valence-electron chi connectivity index (χ4n) is 1.40. The first-order valence-corrected chi connectivity index (χ1v) is 7.05. The van der Waals surface area contributed by atoms with Gasteiger partial charge in [0.05, 0.1) is 0 Å². The van der Waals surface area contributed by atoms with Gasteiger partial charge in [-0.05, 0) is 25.1 Å². The Labute approximate surface area is 128 Å². The number of carbonyl (C=O) groups is 1. The molecule has 0 spiro atoms. The van der Waals surface area contributed by atoms with Gasteiger partial charge in [0, 0.05) is 21.0 Å². The van der Waals surface area contributed by atoms with Crippen LogP contribution < -0.4 is 5.32 Å². The van der Waals surface area contributed by atoms with Gasteiger partial charge in [0.1, 0.15) is 11.4 Å². The summed E-state index contributed by atoms with van der Waals surface area (Å²) < 4.78 is 0. The summed E-state index contributed by atoms with van der Waals surface area (Å²) in [6, 6.07) is 4.57. The number of carbonyl (C=O) groups excluding carboxylic acids is 1. The number of hydrogen-bond acceptors (Lipinski definition) is 5. The Bertz CT molecular complexity index is 665. The van der Waals surface area contributed by atoms with Crippen molar-refractivity contribution < 1.29 is 10.0 Å². The van der Waals surface area contributed by atoms with Gasteiger partial charge in [-0.2, -0.15) is 0 Å². The van der Waals surface area contributed by atoms with Crippen LogP contribution in [0.5, 0.6) is 0 Å². The summed E-state index contributed by atoms with van der Waals surface area (Å²) in [5.74, 6) is -0.367. The Hall–Kier alpha value is -1.63. The molecule has 0 aliphatic carbocycles. The van der Waals surface area contributed by atoms with Gasteiger partial charge in [-0.3, -0.25) is 10.1 Å². The molecule has 1 aromatic heterocycles. The summed E-state index contributed by atoms with van der Waals surface area (Å²) in [5.41, 5.74) is 1.20. The van der Waals surface area contributed by atoms with Gasteiger partial charge in [0.25, 0.3) is 5.91 Å². The summed E-state index contributed by atoms with van der Waals surface area (Å²) in [7, 11) is 0. The lowest BCUT2D eigenvalue weighted by atomic mass is 10.2. The summed E-state index contributed by atoms with van der Waals surface area (Å²) in [6.45, 7) is 1.61. The molecule has 5 nitrogen and oxygen atoms in total. The zero-order chi connectivity index (χ0) is 14.7. The molecule has 0 unspecified atom stereocenters. The maximum Gasteiger partial charge on any atom is 0.257 e. The van der Waals surface area contributed by atoms with Crippen LogP contribution in [-0.4, -0.2) is 21.8 Å². The molecule has 0 aliphatic heterocycles. The van der Waals surface area contributed by atoms with Crippen molar-refractivity contribution in [1.29, 1.82) is 0 Å². The van der Waals surface area contributed by atoms with Crippen molar-refractivity contribution in [3.8, 4) is 0 Å². The lowest BCUT2D eigenvalue weighted by Crippen LogP contribution is -2.12. The molecule has 1 heterocycles. The molecule has 0 saturated carbocycles. The van der Waals surface area contributed by atoms with E-state index in [2.05, 4.69) is 15.5 Å². The third kappa shape index (κ3) is 3.47. The molecule has 0 saturated heterocycles. The van der Waals surface area contributed by atoms with Crippen molar-refractivity contribution in [2.45, 2.75) is 6.92 Å². The quantitative estimate of drug-likeness (QED) is 0.509. The van der Waals surface area contributed by atoms with Gasteiger partial charge >= 0.3 is 0 Å². The van der Waals surface area contributed by atoms with Crippen LogP contribution in [0.15, 0.2) is 28.7 Å². The molecule has 0 atom stereocenters. The highest BCUT2D eigenvalue weighted by atomic mass is 35.5. The van der Waals surface area contributed by atoms with Gasteiger partial charge in [-0.1, -0.05) is 28.4 Å². The molecule has 2 N–H and O–H groups in total. The smallest absolute Gasteiger partial charge is 0.257 e. The molecule has 1 amide bonds. The number of thiazole rings is 1. The van der Waals surface area contributed by atoms with E-state index in [1.807, 2.05) is 0 Å². The molecule has 0 bridgehead atoms. The SMILES string of the molecule is CC(=NO)c1csc(NC(=O)c2cc(Cl)cc(Cl)c2)n1. The van der Waals surface area contributed by atoms with Gasteiger partial charge in [-0.15, -0.1) is 11.3 Å². The van der Waals surface area contributed by atoms with Gasteiger partial charge in [0.15, 0.2) is 5.13 Å². The van der Waals surface area contributed by atoms with Crippen LogP contribution in [0.2, 0.25) is 10.0 Å². The lowest BCUT2D eigenvalue weighted by molar-refractivity contribution is 0.102. The molecule has 8 heteroatoms. The average Bonchev–Trinajstić information content (AvgIpc) is 2.85. The van der Waals surface area contributed by atoms with Crippen molar-refractivity contribution in [2.75, 3.05) is 5.32 Å². The number of anilines is 1. The molecule has 0 radical (unpaired) electrons. The fourth-order valence-corrected chi connectivity index (χ4v) is 2.68. The highest BCUT2D eigenvalue weighted by molar-refractivity contribution is 7.14. The normalized spacial score (nSPS) is 11.4. The van der Waals surface area contributed by atoms with Crippen molar-refractivity contribution in [2.24, 2.45) is 5.16 Å². The van der Waals surface area contributed by atoms with Crippen LogP contribution >= 0.6 is 34.5 Å². The first-order valence-electron chi connectivity index (χ1n) is 5.41. The second kappa shape index (κ2) is 6.21. The van der Waals surface area contributed by atoms with E-state index in [-0.39, 0.29) is 5.91 Å². The fraction of sp³-hybridized carbons (Fsp3) is 0.0833. The van der Waals surface area contributed by atoms with E-state index >= 15 is 0 Å². The minimum absolute atomic E-state index is 0.340. The van der Waals surface area contributed by atoms with E-state index in [9.17, 15) is 4.79 Å². The number of nitrogens with zero attached hydrogens (tertiary/aromatic N) is 2. The maximum atomic E-state index is 12.0. The second-order valence-corrected chi connectivity index (χ2v) is 5.57. The highest BCUT2D eigenvalue weighted by Gasteiger charge is 2.11. The van der Waals surface area contributed by atoms with Gasteiger partial charge < -0.3 is 5.21 Å². The molecule has 2 rings (SSSR count). The Morgan fingerprint density at radius 2 is 2.00 bits per heavy atom. The van der Waals surface area contributed by atoms with E-state index in [0.29, 0.717) is 32.1 Å². The number of aromatic nitrogens is 1. The van der Waals surface area contributed by atoms with E-state index in [0.717, 1.165) is 0 Å². The Morgan fingerprint density at radius 3 is 2.60 bits per heavy atom. The van der Waals surface area contributed by atoms with E-state index in [1.54, 1.807) is 18.4 Å². The number of rotatable bonds is 3. The van der Waals surface area contributed by atoms with Crippen LogP contribution in [0.4, 0.5) is 5.13 Å². The van der Waals surface area contributed by atoms with Crippen LogP contribution in [-0.2, 0) is 0 Å². The molecule has 1 aromatic carbocycles. The van der Waals surface area contributed by atoms with Crippen molar-refractivity contribution >= 4 is 51.3 Å². The van der Waals surface area contributed by atoms with Crippen LogP contribution in [0, 0.1) is 0 Å². The van der Waals surface area contributed by atoms with Gasteiger partial charge in [-0.25, -0.2) is 4.98 Å². The molecular weight excluding hydrogens is 321 g/mol. The Kier molecular flexibility index (Phi) is 4.59. The van der Waals surface area contributed by atoms with E-state index in [4.69, 9.17) is 28.4 Å². The zero-order valence-electron chi connectivity index (χ0n) is 10.2. The van der Waals surface area contributed by atoms with Crippen molar-refractivity contribution in [3.05, 3.63) is 44.9 Å². The monoisotopic (exact) mass is 329 g/mol. The van der Waals surface area contributed by atoms with Gasteiger partial charge in [0.2, 0.25) is 0 Å². The number of nitrogens with one attached hydrogen (secondary N) is 1. The number of amides is 1. The highest BCUT2D eigenvalue weighted by Crippen LogP contribution is 2.21. The number of halogens is 2. The van der Waals surface area contributed by atoms with Crippen molar-refractivity contribution in [1.82, 2.24) is 4.98 Å². The largest absolute Gasteiger partial charge is 0.411 e. The van der Waals surface area contributed by atoms with Crippen LogP contribution in [0.1, 0.15) is 23.0 Å². The predicted molar refractivity (Wildman–Crippen MR) is 80.5 cm³/mol. The molecule has 0 aliphatic rings. The Balaban J connectivity index is 2.17. The van der Waals surface area contributed by atoms with Crippen molar-refractivity contribution in [3.63, 3.8) is 0 Å². The molecule has 20 heavy (non-hydrogen) atoms. The standard InChI is InChI=1S/C12H9Cl2N3O2S/c1-6(17-19)10-5-20-12(15-10)16-11(18)7-2-8(13)4-9(14)3-7/h2-5,19H,1H3,(H,15,16,18). The second-order valence-electron chi connectivity index (χ2n) is 3.84. The zero-order valence-corrected chi connectivity index (χ0v) is 12.6. The molecule has 2 aromatic rings. The molecular formula is C12H9Cl2N3O2S. The summed E-state index contributed by atoms with van der Waals surface area (Å²) in [6.07, 6.45) is 0. The first kappa shape index (κ1) is 14.8. The number of oxime groups is 1. The number of hydrogen-bond donors (Lipinski definition) is 2. The minimum atomic E-state index is -0.367. The minimum Gasteiger partial charge on any atom is -0.411 e.